The SMILES string of the molecule is CCC(C)NC(=O)C(C)N(Cc1cccc(Cl)c1)C(=O)CCSc1ccc(C)cc1. The molecule has 2 aromatic carbocycles. The van der Waals surface area contributed by atoms with Gasteiger partial charge in [0.25, 0.3) is 0 Å². The first-order valence-corrected chi connectivity index (χ1v) is 11.7. The number of carbonyl (C=O) groups is 2. The maximum absolute atomic E-state index is 13.1. The summed E-state index contributed by atoms with van der Waals surface area (Å²) in [5, 5.41) is 3.60. The van der Waals surface area contributed by atoms with E-state index in [1.54, 1.807) is 29.7 Å². The number of amides is 2. The van der Waals surface area contributed by atoms with Gasteiger partial charge in [-0.3, -0.25) is 9.59 Å². The molecule has 2 rings (SSSR count). The normalized spacial score (nSPS) is 12.8. The molecule has 1 N–H and O–H groups in total. The summed E-state index contributed by atoms with van der Waals surface area (Å²) in [5.41, 5.74) is 2.12. The zero-order chi connectivity index (χ0) is 22.1. The minimum Gasteiger partial charge on any atom is -0.352 e. The third-order valence-corrected chi connectivity index (χ3v) is 6.26. The van der Waals surface area contributed by atoms with E-state index < -0.39 is 6.04 Å². The molecule has 2 amide bonds. The predicted molar refractivity (Wildman–Crippen MR) is 126 cm³/mol. The Morgan fingerprint density at radius 2 is 1.83 bits per heavy atom. The number of hydrogen-bond donors (Lipinski definition) is 1. The molecule has 0 bridgehead atoms. The molecule has 2 aromatic rings. The summed E-state index contributed by atoms with van der Waals surface area (Å²) in [7, 11) is 0. The van der Waals surface area contributed by atoms with E-state index in [1.165, 1.54) is 5.56 Å². The van der Waals surface area contributed by atoms with Crippen molar-refractivity contribution >= 4 is 35.2 Å². The Morgan fingerprint density at radius 1 is 1.13 bits per heavy atom. The average molecular weight is 447 g/mol. The van der Waals surface area contributed by atoms with Crippen molar-refractivity contribution in [1.82, 2.24) is 10.2 Å². The van der Waals surface area contributed by atoms with Crippen LogP contribution in [0.5, 0.6) is 0 Å². The Hall–Kier alpha value is -1.98. The number of nitrogens with one attached hydrogen (secondary N) is 1. The number of benzene rings is 2. The van der Waals surface area contributed by atoms with Crippen molar-refractivity contribution in [3.63, 3.8) is 0 Å². The van der Waals surface area contributed by atoms with Gasteiger partial charge in [0.2, 0.25) is 11.8 Å². The fraction of sp³-hybridized carbons (Fsp3) is 0.417. The lowest BCUT2D eigenvalue weighted by molar-refractivity contribution is -0.140. The Kier molecular flexibility index (Phi) is 9.73. The lowest BCUT2D eigenvalue weighted by atomic mass is 10.1. The van der Waals surface area contributed by atoms with E-state index in [-0.39, 0.29) is 17.9 Å². The molecule has 0 spiro atoms. The van der Waals surface area contributed by atoms with Crippen LogP contribution >= 0.6 is 23.4 Å². The highest BCUT2D eigenvalue weighted by Crippen LogP contribution is 2.21. The van der Waals surface area contributed by atoms with E-state index >= 15 is 0 Å². The zero-order valence-corrected chi connectivity index (χ0v) is 19.7. The number of hydrogen-bond acceptors (Lipinski definition) is 3. The van der Waals surface area contributed by atoms with E-state index in [0.717, 1.165) is 16.9 Å². The van der Waals surface area contributed by atoms with E-state index in [4.69, 9.17) is 11.6 Å². The molecule has 0 aliphatic carbocycles. The van der Waals surface area contributed by atoms with E-state index in [0.29, 0.717) is 23.7 Å². The largest absolute Gasteiger partial charge is 0.352 e. The summed E-state index contributed by atoms with van der Waals surface area (Å²) in [6, 6.07) is 15.2. The summed E-state index contributed by atoms with van der Waals surface area (Å²) >= 11 is 7.76. The maximum atomic E-state index is 13.1. The van der Waals surface area contributed by atoms with Crippen LogP contribution in [0.1, 0.15) is 44.7 Å². The molecule has 0 fully saturated rings. The van der Waals surface area contributed by atoms with Gasteiger partial charge < -0.3 is 10.2 Å². The van der Waals surface area contributed by atoms with Gasteiger partial charge in [-0.15, -0.1) is 11.8 Å². The molecular formula is C24H31ClN2O2S. The third-order valence-electron chi connectivity index (χ3n) is 5.02. The second-order valence-corrected chi connectivity index (χ2v) is 9.16. The van der Waals surface area contributed by atoms with Crippen molar-refractivity contribution < 1.29 is 9.59 Å². The highest BCUT2D eigenvalue weighted by molar-refractivity contribution is 7.99. The minimum absolute atomic E-state index is 0.0404. The summed E-state index contributed by atoms with van der Waals surface area (Å²) in [4.78, 5) is 28.6. The Morgan fingerprint density at radius 3 is 2.47 bits per heavy atom. The third kappa shape index (κ3) is 7.69. The molecule has 0 saturated heterocycles. The first kappa shape index (κ1) is 24.3. The Bertz CT molecular complexity index is 841. The molecule has 162 valence electrons. The van der Waals surface area contributed by atoms with E-state index in [9.17, 15) is 9.59 Å². The van der Waals surface area contributed by atoms with Gasteiger partial charge in [0.1, 0.15) is 6.04 Å². The molecule has 4 nitrogen and oxygen atoms in total. The van der Waals surface area contributed by atoms with Gasteiger partial charge in [0, 0.05) is 34.7 Å². The molecule has 0 heterocycles. The van der Waals surface area contributed by atoms with Gasteiger partial charge in [0.05, 0.1) is 0 Å². The molecule has 0 aliphatic heterocycles. The van der Waals surface area contributed by atoms with Crippen LogP contribution in [0.15, 0.2) is 53.4 Å². The molecule has 0 saturated carbocycles. The van der Waals surface area contributed by atoms with Gasteiger partial charge in [-0.25, -0.2) is 0 Å². The first-order chi connectivity index (χ1) is 14.3. The van der Waals surface area contributed by atoms with Gasteiger partial charge in [-0.1, -0.05) is 48.4 Å². The fourth-order valence-electron chi connectivity index (χ4n) is 2.91. The van der Waals surface area contributed by atoms with Gasteiger partial charge in [0.15, 0.2) is 0 Å². The molecule has 6 heteroatoms. The second kappa shape index (κ2) is 12.0. The summed E-state index contributed by atoms with van der Waals surface area (Å²) in [6.45, 7) is 8.17. The van der Waals surface area contributed by atoms with Gasteiger partial charge in [-0.2, -0.15) is 0 Å². The predicted octanol–water partition coefficient (Wildman–Crippen LogP) is 5.46. The lowest BCUT2D eigenvalue weighted by Gasteiger charge is -2.29. The summed E-state index contributed by atoms with van der Waals surface area (Å²) in [5.74, 6) is 0.487. The highest BCUT2D eigenvalue weighted by atomic mass is 35.5. The van der Waals surface area contributed by atoms with Crippen LogP contribution < -0.4 is 5.32 Å². The first-order valence-electron chi connectivity index (χ1n) is 10.3. The monoisotopic (exact) mass is 446 g/mol. The average Bonchev–Trinajstić information content (AvgIpc) is 2.72. The quantitative estimate of drug-likeness (QED) is 0.493. The van der Waals surface area contributed by atoms with Crippen molar-refractivity contribution in [2.24, 2.45) is 0 Å². The molecule has 2 atom stereocenters. The van der Waals surface area contributed by atoms with E-state index in [1.807, 2.05) is 32.0 Å². The van der Waals surface area contributed by atoms with Crippen LogP contribution in [0.4, 0.5) is 0 Å². The molecule has 0 radical (unpaired) electrons. The second-order valence-electron chi connectivity index (χ2n) is 7.56. The van der Waals surface area contributed by atoms with Crippen molar-refractivity contribution in [2.45, 2.75) is 64.1 Å². The van der Waals surface area contributed by atoms with Crippen molar-refractivity contribution in [1.29, 1.82) is 0 Å². The van der Waals surface area contributed by atoms with E-state index in [2.05, 4.69) is 36.5 Å². The smallest absolute Gasteiger partial charge is 0.242 e. The van der Waals surface area contributed by atoms with Crippen LogP contribution in [0.2, 0.25) is 5.02 Å². The molecule has 0 aromatic heterocycles. The molecule has 0 aliphatic rings. The lowest BCUT2D eigenvalue weighted by Crippen LogP contribution is -2.49. The fourth-order valence-corrected chi connectivity index (χ4v) is 3.97. The van der Waals surface area contributed by atoms with Crippen molar-refractivity contribution in [3.05, 3.63) is 64.7 Å². The highest BCUT2D eigenvalue weighted by Gasteiger charge is 2.26. The Balaban J connectivity index is 2.07. The van der Waals surface area contributed by atoms with Crippen molar-refractivity contribution in [3.8, 4) is 0 Å². The topological polar surface area (TPSA) is 49.4 Å². The summed E-state index contributed by atoms with van der Waals surface area (Å²) in [6.07, 6.45) is 1.20. The minimum atomic E-state index is -0.560. The van der Waals surface area contributed by atoms with Gasteiger partial charge >= 0.3 is 0 Å². The van der Waals surface area contributed by atoms with Crippen LogP contribution in [0, 0.1) is 6.92 Å². The number of rotatable bonds is 10. The standard InChI is InChI=1S/C24H31ClN2O2S/c1-5-18(3)26-24(29)19(4)27(16-20-7-6-8-21(25)15-20)23(28)13-14-30-22-11-9-17(2)10-12-22/h6-12,15,18-19H,5,13-14,16H2,1-4H3,(H,26,29). The van der Waals surface area contributed by atoms with Crippen LogP contribution in [0.3, 0.4) is 0 Å². The zero-order valence-electron chi connectivity index (χ0n) is 18.2. The number of halogens is 1. The van der Waals surface area contributed by atoms with Crippen LogP contribution in [-0.4, -0.2) is 34.6 Å². The number of nitrogens with zero attached hydrogens (tertiary/aromatic N) is 1. The number of aryl methyl sites for hydroxylation is 1. The van der Waals surface area contributed by atoms with Gasteiger partial charge in [-0.05, 0) is 57.0 Å². The van der Waals surface area contributed by atoms with Crippen molar-refractivity contribution in [2.75, 3.05) is 5.75 Å². The van der Waals surface area contributed by atoms with Crippen LogP contribution in [0.25, 0.3) is 0 Å². The molecule has 30 heavy (non-hydrogen) atoms. The molecular weight excluding hydrogens is 416 g/mol. The number of carbonyl (C=O) groups excluding carboxylic acids is 2. The summed E-state index contributed by atoms with van der Waals surface area (Å²) < 4.78 is 0. The Labute approximate surface area is 189 Å². The molecule has 2 unspecified atom stereocenters. The van der Waals surface area contributed by atoms with Crippen LogP contribution in [-0.2, 0) is 16.1 Å². The maximum Gasteiger partial charge on any atom is 0.242 e. The number of thioether (sulfide) groups is 1.